The number of nitrogens with one attached hydrogen (secondary N) is 2. The van der Waals surface area contributed by atoms with Crippen LogP contribution >= 0.6 is 0 Å². The van der Waals surface area contributed by atoms with Crippen molar-refractivity contribution in [3.8, 4) is 23.0 Å². The highest BCUT2D eigenvalue weighted by Gasteiger charge is 2.17. The van der Waals surface area contributed by atoms with E-state index in [1.54, 1.807) is 36.4 Å². The van der Waals surface area contributed by atoms with Crippen molar-refractivity contribution >= 4 is 27.8 Å². The topological polar surface area (TPSA) is 125 Å². The van der Waals surface area contributed by atoms with Gasteiger partial charge in [-0.15, -0.1) is 0 Å². The number of benzene rings is 3. The molecule has 0 aliphatic rings. The zero-order valence-corrected chi connectivity index (χ0v) is 20.4. The Hall–Kier alpha value is -4.25. The van der Waals surface area contributed by atoms with E-state index in [4.69, 9.17) is 18.9 Å². The summed E-state index contributed by atoms with van der Waals surface area (Å²) in [6, 6.07) is 15.4. The molecule has 0 heterocycles. The van der Waals surface area contributed by atoms with E-state index in [2.05, 4.69) is 15.2 Å². The maximum absolute atomic E-state index is 12.8. The Bertz CT molecular complexity index is 1320. The number of methoxy groups -OCH3 is 4. The van der Waals surface area contributed by atoms with Gasteiger partial charge in [0.1, 0.15) is 5.75 Å². The number of anilines is 1. The van der Waals surface area contributed by atoms with Gasteiger partial charge in [0.2, 0.25) is 5.75 Å². The Morgan fingerprint density at radius 3 is 2.20 bits per heavy atom. The molecule has 0 bridgehead atoms. The Morgan fingerprint density at radius 2 is 1.57 bits per heavy atom. The first-order valence-electron chi connectivity index (χ1n) is 10.2. The van der Waals surface area contributed by atoms with Crippen molar-refractivity contribution in [2.24, 2.45) is 5.10 Å². The molecular weight excluding hydrogens is 474 g/mol. The van der Waals surface area contributed by atoms with Crippen LogP contribution < -0.4 is 29.1 Å². The minimum absolute atomic E-state index is 0.0773. The molecule has 0 radical (unpaired) electrons. The lowest BCUT2D eigenvalue weighted by Crippen LogP contribution is -2.19. The minimum atomic E-state index is -3.93. The van der Waals surface area contributed by atoms with Gasteiger partial charge in [-0.25, -0.2) is 13.8 Å². The fourth-order valence-electron chi connectivity index (χ4n) is 3.13. The number of hydrogen-bond acceptors (Lipinski definition) is 8. The highest BCUT2D eigenvalue weighted by molar-refractivity contribution is 7.92. The first-order valence-corrected chi connectivity index (χ1v) is 11.7. The number of ether oxygens (including phenoxy) is 4. The summed E-state index contributed by atoms with van der Waals surface area (Å²) in [6.07, 6.45) is 1.38. The van der Waals surface area contributed by atoms with Gasteiger partial charge in [-0.1, -0.05) is 6.07 Å². The third-order valence-corrected chi connectivity index (χ3v) is 6.23. The summed E-state index contributed by atoms with van der Waals surface area (Å²) in [6.45, 7) is 0. The van der Waals surface area contributed by atoms with Gasteiger partial charge in [0.05, 0.1) is 39.5 Å². The van der Waals surface area contributed by atoms with Crippen LogP contribution in [0.3, 0.4) is 0 Å². The summed E-state index contributed by atoms with van der Waals surface area (Å²) in [5, 5.41) is 3.96. The van der Waals surface area contributed by atoms with Gasteiger partial charge in [0.25, 0.3) is 15.9 Å². The van der Waals surface area contributed by atoms with Crippen LogP contribution in [0.1, 0.15) is 15.9 Å². The van der Waals surface area contributed by atoms with Gasteiger partial charge in [0, 0.05) is 16.8 Å². The summed E-state index contributed by atoms with van der Waals surface area (Å²) >= 11 is 0. The van der Waals surface area contributed by atoms with Crippen LogP contribution in [0.15, 0.2) is 70.7 Å². The van der Waals surface area contributed by atoms with E-state index in [9.17, 15) is 13.2 Å². The average Bonchev–Trinajstić information content (AvgIpc) is 2.88. The number of rotatable bonds is 10. The second kappa shape index (κ2) is 11.3. The van der Waals surface area contributed by atoms with Crippen LogP contribution in [0.4, 0.5) is 5.69 Å². The molecule has 184 valence electrons. The fourth-order valence-corrected chi connectivity index (χ4v) is 4.23. The van der Waals surface area contributed by atoms with Crippen LogP contribution in [0.2, 0.25) is 0 Å². The van der Waals surface area contributed by atoms with Crippen molar-refractivity contribution in [3.05, 3.63) is 71.8 Å². The van der Waals surface area contributed by atoms with Crippen molar-refractivity contribution in [3.63, 3.8) is 0 Å². The van der Waals surface area contributed by atoms with Gasteiger partial charge in [-0.05, 0) is 54.6 Å². The zero-order chi connectivity index (χ0) is 25.4. The molecule has 1 amide bonds. The Balaban J connectivity index is 1.75. The molecule has 0 saturated carbocycles. The van der Waals surface area contributed by atoms with Gasteiger partial charge in [-0.2, -0.15) is 5.10 Å². The van der Waals surface area contributed by atoms with E-state index in [-0.39, 0.29) is 10.5 Å². The van der Waals surface area contributed by atoms with Gasteiger partial charge < -0.3 is 18.9 Å². The third-order valence-electron chi connectivity index (χ3n) is 4.85. The quantitative estimate of drug-likeness (QED) is 0.324. The molecule has 0 aliphatic heterocycles. The van der Waals surface area contributed by atoms with Crippen LogP contribution in [0.5, 0.6) is 23.0 Å². The number of hydrazone groups is 1. The summed E-state index contributed by atoms with van der Waals surface area (Å²) in [5.41, 5.74) is 3.38. The SMILES string of the molecule is COc1ccc(NS(=O)(=O)c2cccc(C(=O)N/N=C/c3ccc(OC)c(OC)c3OC)c2)cc1. The van der Waals surface area contributed by atoms with Gasteiger partial charge in [0.15, 0.2) is 11.5 Å². The van der Waals surface area contributed by atoms with E-state index in [0.717, 1.165) is 0 Å². The molecule has 0 aliphatic carbocycles. The second-order valence-corrected chi connectivity index (χ2v) is 8.67. The molecule has 10 nitrogen and oxygen atoms in total. The van der Waals surface area contributed by atoms with Crippen molar-refractivity contribution < 1.29 is 32.2 Å². The van der Waals surface area contributed by atoms with Gasteiger partial charge >= 0.3 is 0 Å². The highest BCUT2D eigenvalue weighted by atomic mass is 32.2. The zero-order valence-electron chi connectivity index (χ0n) is 19.6. The standard InChI is InChI=1S/C24H25N3O7S/c1-31-19-11-9-18(10-12-19)27-35(29,30)20-7-5-6-16(14-20)24(28)26-25-15-17-8-13-21(32-2)23(34-4)22(17)33-3/h5-15,27H,1-4H3,(H,26,28)/b25-15+. The summed E-state index contributed by atoms with van der Waals surface area (Å²) in [5.74, 6) is 1.24. The molecule has 0 unspecified atom stereocenters. The predicted octanol–water partition coefficient (Wildman–Crippen LogP) is 3.29. The number of carbonyl (C=O) groups excluding carboxylic acids is 1. The average molecular weight is 500 g/mol. The smallest absolute Gasteiger partial charge is 0.271 e. The number of carbonyl (C=O) groups is 1. The molecule has 0 saturated heterocycles. The highest BCUT2D eigenvalue weighted by Crippen LogP contribution is 2.38. The molecule has 3 rings (SSSR count). The van der Waals surface area contributed by atoms with E-state index in [0.29, 0.717) is 34.2 Å². The van der Waals surface area contributed by atoms with E-state index < -0.39 is 15.9 Å². The van der Waals surface area contributed by atoms with E-state index >= 15 is 0 Å². The maximum Gasteiger partial charge on any atom is 0.271 e. The first-order chi connectivity index (χ1) is 16.8. The molecule has 0 spiro atoms. The molecule has 2 N–H and O–H groups in total. The van der Waals surface area contributed by atoms with Crippen LogP contribution in [-0.4, -0.2) is 49.0 Å². The lowest BCUT2D eigenvalue weighted by molar-refractivity contribution is 0.0955. The van der Waals surface area contributed by atoms with Crippen molar-refractivity contribution in [2.45, 2.75) is 4.90 Å². The number of nitrogens with zero attached hydrogens (tertiary/aromatic N) is 1. The lowest BCUT2D eigenvalue weighted by atomic mass is 10.2. The molecular formula is C24H25N3O7S. The minimum Gasteiger partial charge on any atom is -0.497 e. The Kier molecular flexibility index (Phi) is 8.16. The Labute approximate surface area is 203 Å². The monoisotopic (exact) mass is 499 g/mol. The van der Waals surface area contributed by atoms with E-state index in [1.807, 2.05) is 0 Å². The number of hydrogen-bond donors (Lipinski definition) is 2. The van der Waals surface area contributed by atoms with Gasteiger partial charge in [-0.3, -0.25) is 9.52 Å². The second-order valence-electron chi connectivity index (χ2n) is 6.98. The molecule has 3 aromatic rings. The molecule has 0 atom stereocenters. The van der Waals surface area contributed by atoms with Crippen molar-refractivity contribution in [1.82, 2.24) is 5.43 Å². The Morgan fingerprint density at radius 1 is 0.857 bits per heavy atom. The van der Waals surface area contributed by atoms with Crippen LogP contribution in [-0.2, 0) is 10.0 Å². The molecule has 0 aromatic heterocycles. The van der Waals surface area contributed by atoms with Crippen molar-refractivity contribution in [1.29, 1.82) is 0 Å². The molecule has 3 aromatic carbocycles. The normalized spacial score (nSPS) is 11.1. The van der Waals surface area contributed by atoms with Crippen LogP contribution in [0, 0.1) is 0 Å². The number of amides is 1. The number of sulfonamides is 1. The van der Waals surface area contributed by atoms with E-state index in [1.165, 1.54) is 58.9 Å². The lowest BCUT2D eigenvalue weighted by Gasteiger charge is -2.13. The molecule has 11 heteroatoms. The summed E-state index contributed by atoms with van der Waals surface area (Å²) < 4.78 is 49.0. The first kappa shape index (κ1) is 25.4. The van der Waals surface area contributed by atoms with Crippen molar-refractivity contribution in [2.75, 3.05) is 33.2 Å². The molecule has 35 heavy (non-hydrogen) atoms. The summed E-state index contributed by atoms with van der Waals surface area (Å²) in [4.78, 5) is 12.5. The largest absolute Gasteiger partial charge is 0.497 e. The third kappa shape index (κ3) is 6.01. The molecule has 0 fully saturated rings. The maximum atomic E-state index is 12.8. The predicted molar refractivity (Wildman–Crippen MR) is 131 cm³/mol. The summed E-state index contributed by atoms with van der Waals surface area (Å²) in [7, 11) is 2.05. The fraction of sp³-hybridized carbons (Fsp3) is 0.167. The van der Waals surface area contributed by atoms with Crippen LogP contribution in [0.25, 0.3) is 0 Å².